The summed E-state index contributed by atoms with van der Waals surface area (Å²) < 4.78 is 114. The second-order valence-electron chi connectivity index (χ2n) is 7.15. The molecule has 0 bridgehead atoms. The third-order valence-electron chi connectivity index (χ3n) is 2.06. The number of hydrogen-bond donors (Lipinski definition) is 0. The van der Waals surface area contributed by atoms with Gasteiger partial charge in [0.2, 0.25) is 0 Å². The van der Waals surface area contributed by atoms with Gasteiger partial charge in [-0.1, -0.05) is 20.8 Å². The summed E-state index contributed by atoms with van der Waals surface area (Å²) in [6.07, 6.45) is -13.9. The van der Waals surface area contributed by atoms with E-state index in [1.807, 2.05) is 0 Å². The summed E-state index contributed by atoms with van der Waals surface area (Å²) in [5.74, 6) is -14.3. The number of rotatable bonds is 2. The summed E-state index contributed by atoms with van der Waals surface area (Å²) in [7, 11) is 6.68. The third-order valence-corrected chi connectivity index (χ3v) is 2.06. The zero-order chi connectivity index (χ0) is 19.7. The minimum Gasteiger partial charge on any atom is -0.330 e. The van der Waals surface area contributed by atoms with Crippen molar-refractivity contribution in [3.8, 4) is 0 Å². The van der Waals surface area contributed by atoms with E-state index in [9.17, 15) is 43.9 Å². The van der Waals surface area contributed by atoms with E-state index in [0.717, 1.165) is 4.48 Å². The van der Waals surface area contributed by atoms with E-state index in [4.69, 9.17) is 0 Å². The van der Waals surface area contributed by atoms with Gasteiger partial charge in [-0.3, -0.25) is 0 Å². The molecular formula is C12H20F10N+. The topological polar surface area (TPSA) is 0 Å². The van der Waals surface area contributed by atoms with Crippen LogP contribution in [0.1, 0.15) is 20.8 Å². The Labute approximate surface area is 127 Å². The Morgan fingerprint density at radius 2 is 0.783 bits per heavy atom. The van der Waals surface area contributed by atoms with Crippen LogP contribution in [0.4, 0.5) is 43.9 Å². The summed E-state index contributed by atoms with van der Waals surface area (Å²) >= 11 is 0. The fourth-order valence-corrected chi connectivity index (χ4v) is 1.78. The Kier molecular flexibility index (Phi) is 7.07. The van der Waals surface area contributed by atoms with Crippen LogP contribution in [0.2, 0.25) is 0 Å². The van der Waals surface area contributed by atoms with Crippen molar-refractivity contribution in [1.29, 1.82) is 0 Å². The smallest absolute Gasteiger partial charge is 0.330 e. The molecule has 0 aliphatic heterocycles. The molecule has 1 nitrogen and oxygen atoms in total. The van der Waals surface area contributed by atoms with Gasteiger partial charge < -0.3 is 4.48 Å². The Morgan fingerprint density at radius 1 is 0.565 bits per heavy atom. The predicted molar refractivity (Wildman–Crippen MR) is 64.4 cm³/mol. The first-order valence-electron chi connectivity index (χ1n) is 6.15. The lowest BCUT2D eigenvalue weighted by atomic mass is 9.96. The highest BCUT2D eigenvalue weighted by molar-refractivity contribution is 4.95. The van der Waals surface area contributed by atoms with Gasteiger partial charge >= 0.3 is 24.2 Å². The molecule has 0 aliphatic carbocycles. The van der Waals surface area contributed by atoms with E-state index in [1.54, 1.807) is 0 Å². The van der Waals surface area contributed by atoms with Crippen LogP contribution >= 0.6 is 0 Å². The fourth-order valence-electron chi connectivity index (χ4n) is 1.78. The molecule has 23 heavy (non-hydrogen) atoms. The molecule has 0 rings (SSSR count). The van der Waals surface area contributed by atoms with Crippen molar-refractivity contribution in [2.75, 3.05) is 27.7 Å². The number of quaternary nitrogens is 1. The molecule has 0 N–H and O–H groups in total. The van der Waals surface area contributed by atoms with Crippen molar-refractivity contribution in [3.05, 3.63) is 0 Å². The van der Waals surface area contributed by atoms with E-state index in [-0.39, 0.29) is 0 Å². The molecule has 0 aliphatic rings. The second-order valence-corrected chi connectivity index (χ2v) is 7.15. The Bertz CT molecular complexity index is 331. The summed E-state index contributed by atoms with van der Waals surface area (Å²) in [5, 5.41) is 0. The average Bonchev–Trinajstić information content (AvgIpc) is 2.07. The first-order chi connectivity index (χ1) is 9.46. The molecule has 142 valence electrons. The summed E-state index contributed by atoms with van der Waals surface area (Å²) in [6.45, 7) is 8.05. The first kappa shape index (κ1) is 24.5. The molecule has 0 unspecified atom stereocenters. The molecule has 0 aromatic rings. The SMILES string of the molecule is CC(C)(C)C[N+](C)(C)C.FC(F)(F)C(F)(F)C(F)(F)C(F)(F)F. The van der Waals surface area contributed by atoms with Crippen LogP contribution < -0.4 is 0 Å². The van der Waals surface area contributed by atoms with Crippen molar-refractivity contribution in [1.82, 2.24) is 0 Å². The maximum atomic E-state index is 11.6. The highest BCUT2D eigenvalue weighted by Gasteiger charge is 2.82. The van der Waals surface area contributed by atoms with Crippen molar-refractivity contribution in [2.24, 2.45) is 5.41 Å². The fraction of sp³-hybridized carbons (Fsp3) is 1.00. The summed E-state index contributed by atoms with van der Waals surface area (Å²) in [4.78, 5) is 0. The standard InChI is InChI=1S/C8H20N.C4F10/c1-8(2,3)7-9(4,5)6;5-1(6,3(9,10)11)2(7,8)4(12,13)14/h7H2,1-6H3;/q+1;. The van der Waals surface area contributed by atoms with E-state index >= 15 is 0 Å². The first-order valence-corrected chi connectivity index (χ1v) is 6.15. The van der Waals surface area contributed by atoms with Gasteiger partial charge in [0.05, 0.1) is 27.7 Å². The zero-order valence-corrected chi connectivity index (χ0v) is 13.4. The molecule has 0 spiro atoms. The Morgan fingerprint density at radius 3 is 0.826 bits per heavy atom. The van der Waals surface area contributed by atoms with E-state index in [2.05, 4.69) is 41.9 Å². The minimum atomic E-state index is -7.14. The number of hydrogen-bond acceptors (Lipinski definition) is 0. The largest absolute Gasteiger partial charge is 0.460 e. The second kappa shape index (κ2) is 6.64. The highest BCUT2D eigenvalue weighted by atomic mass is 19.4. The van der Waals surface area contributed by atoms with Gasteiger partial charge in [0.1, 0.15) is 0 Å². The van der Waals surface area contributed by atoms with Crippen molar-refractivity contribution < 1.29 is 48.4 Å². The molecule has 0 saturated carbocycles. The lowest BCUT2D eigenvalue weighted by Crippen LogP contribution is -2.59. The van der Waals surface area contributed by atoms with Gasteiger partial charge in [-0.15, -0.1) is 0 Å². The number of nitrogens with zero attached hydrogens (tertiary/aromatic N) is 1. The van der Waals surface area contributed by atoms with Crippen molar-refractivity contribution in [3.63, 3.8) is 0 Å². The van der Waals surface area contributed by atoms with Crippen LogP contribution in [-0.2, 0) is 0 Å². The van der Waals surface area contributed by atoms with Crippen molar-refractivity contribution in [2.45, 2.75) is 45.0 Å². The van der Waals surface area contributed by atoms with Crippen LogP contribution in [0.3, 0.4) is 0 Å². The number of halogens is 10. The molecule has 0 aromatic carbocycles. The van der Waals surface area contributed by atoms with Gasteiger partial charge in [0.15, 0.2) is 0 Å². The van der Waals surface area contributed by atoms with Gasteiger partial charge in [-0.2, -0.15) is 43.9 Å². The molecule has 0 radical (unpaired) electrons. The molecule has 0 aromatic heterocycles. The van der Waals surface area contributed by atoms with Gasteiger partial charge in [0.25, 0.3) is 0 Å². The molecular weight excluding hydrogens is 348 g/mol. The number of alkyl halides is 10. The van der Waals surface area contributed by atoms with Crippen LogP contribution in [0, 0.1) is 5.41 Å². The Balaban J connectivity index is 0. The van der Waals surface area contributed by atoms with Crippen LogP contribution in [0.25, 0.3) is 0 Å². The van der Waals surface area contributed by atoms with Gasteiger partial charge in [-0.25, -0.2) is 0 Å². The van der Waals surface area contributed by atoms with Crippen molar-refractivity contribution >= 4 is 0 Å². The molecule has 11 heteroatoms. The van der Waals surface area contributed by atoms with Crippen LogP contribution in [-0.4, -0.2) is 56.4 Å². The maximum absolute atomic E-state index is 11.6. The molecule has 0 saturated heterocycles. The normalized spacial score (nSPS) is 15.1. The Hall–Kier alpha value is -0.740. The van der Waals surface area contributed by atoms with E-state index in [1.165, 1.54) is 6.54 Å². The van der Waals surface area contributed by atoms with E-state index < -0.39 is 24.2 Å². The molecule has 0 fully saturated rings. The van der Waals surface area contributed by atoms with Crippen LogP contribution in [0.5, 0.6) is 0 Å². The molecule has 0 heterocycles. The van der Waals surface area contributed by atoms with Gasteiger partial charge in [0, 0.05) is 5.41 Å². The lowest BCUT2D eigenvalue weighted by Gasteiger charge is -2.31. The van der Waals surface area contributed by atoms with Gasteiger partial charge in [-0.05, 0) is 0 Å². The molecule has 0 atom stereocenters. The quantitative estimate of drug-likeness (QED) is 0.469. The highest BCUT2D eigenvalue weighted by Crippen LogP contribution is 2.53. The summed E-state index contributed by atoms with van der Waals surface area (Å²) in [6, 6.07) is 0. The minimum absolute atomic E-state index is 0.457. The summed E-state index contributed by atoms with van der Waals surface area (Å²) in [5.41, 5.74) is 0.457. The zero-order valence-electron chi connectivity index (χ0n) is 13.4. The molecule has 0 amide bonds. The predicted octanol–water partition coefficient (Wildman–Crippen LogP) is 5.12. The van der Waals surface area contributed by atoms with Crippen LogP contribution in [0.15, 0.2) is 0 Å². The van der Waals surface area contributed by atoms with E-state index in [0.29, 0.717) is 5.41 Å². The third kappa shape index (κ3) is 7.58. The average molecular weight is 368 g/mol. The lowest BCUT2D eigenvalue weighted by molar-refractivity contribution is -0.876. The maximum Gasteiger partial charge on any atom is 0.460 e. The monoisotopic (exact) mass is 368 g/mol.